The summed E-state index contributed by atoms with van der Waals surface area (Å²) in [6.07, 6.45) is 2.46. The predicted octanol–water partition coefficient (Wildman–Crippen LogP) is 0.989. The SMILES string of the molecule is CCOC(=O)CCC[n+]1cc([NH-])on1. The molecule has 0 atom stereocenters. The van der Waals surface area contributed by atoms with Crippen molar-refractivity contribution in [2.24, 2.45) is 0 Å². The summed E-state index contributed by atoms with van der Waals surface area (Å²) in [6, 6.07) is 0. The van der Waals surface area contributed by atoms with Gasteiger partial charge in [0.15, 0.2) is 11.8 Å². The third kappa shape index (κ3) is 3.42. The minimum absolute atomic E-state index is 0.0149. The number of hydrogen-bond acceptors (Lipinski definition) is 4. The molecule has 6 nitrogen and oxygen atoms in total. The Bertz CT molecular complexity index is 298. The number of rotatable bonds is 5. The third-order valence-corrected chi connectivity index (χ3v) is 1.58. The number of aromatic nitrogens is 2. The number of carbonyl (C=O) groups is 1. The normalized spacial score (nSPS) is 10.1. The smallest absolute Gasteiger partial charge is 0.306 e. The third-order valence-electron chi connectivity index (χ3n) is 1.58. The molecule has 0 aliphatic heterocycles. The van der Waals surface area contributed by atoms with Crippen LogP contribution in [0.25, 0.3) is 5.73 Å². The van der Waals surface area contributed by atoms with Crippen LogP contribution in [0, 0.1) is 0 Å². The van der Waals surface area contributed by atoms with Gasteiger partial charge in [-0.1, -0.05) is 4.68 Å². The molecule has 1 heterocycles. The highest BCUT2D eigenvalue weighted by Gasteiger charge is 2.07. The van der Waals surface area contributed by atoms with E-state index in [0.29, 0.717) is 26.0 Å². The average molecular weight is 199 g/mol. The van der Waals surface area contributed by atoms with Gasteiger partial charge in [0.1, 0.15) is 5.88 Å². The fraction of sp³-hybridized carbons (Fsp3) is 0.625. The molecule has 0 amide bonds. The highest BCUT2D eigenvalue weighted by molar-refractivity contribution is 5.69. The molecular formula is C8H13N3O3. The molecule has 6 heteroatoms. The molecule has 0 radical (unpaired) electrons. The summed E-state index contributed by atoms with van der Waals surface area (Å²) < 4.78 is 10.8. The first-order valence-electron chi connectivity index (χ1n) is 4.46. The molecule has 1 rings (SSSR count). The van der Waals surface area contributed by atoms with E-state index in [4.69, 9.17) is 10.5 Å². The molecule has 0 aromatic carbocycles. The van der Waals surface area contributed by atoms with Crippen LogP contribution in [0.1, 0.15) is 19.8 Å². The molecule has 0 saturated carbocycles. The van der Waals surface area contributed by atoms with Crippen LogP contribution >= 0.6 is 0 Å². The predicted molar refractivity (Wildman–Crippen MR) is 46.5 cm³/mol. The van der Waals surface area contributed by atoms with Crippen molar-refractivity contribution < 1.29 is 18.7 Å². The molecule has 0 fully saturated rings. The van der Waals surface area contributed by atoms with Gasteiger partial charge in [-0.05, 0) is 6.92 Å². The van der Waals surface area contributed by atoms with E-state index in [1.807, 2.05) is 0 Å². The number of aryl methyl sites for hydroxylation is 1. The Morgan fingerprint density at radius 2 is 2.57 bits per heavy atom. The summed E-state index contributed by atoms with van der Waals surface area (Å²) in [7, 11) is 0. The van der Waals surface area contributed by atoms with Gasteiger partial charge in [-0.3, -0.25) is 4.79 Å². The van der Waals surface area contributed by atoms with Gasteiger partial charge >= 0.3 is 5.97 Å². The first-order chi connectivity index (χ1) is 6.72. The zero-order chi connectivity index (χ0) is 10.4. The Hall–Kier alpha value is -1.59. The second-order valence-corrected chi connectivity index (χ2v) is 2.74. The lowest BCUT2D eigenvalue weighted by atomic mass is 10.3. The second-order valence-electron chi connectivity index (χ2n) is 2.74. The lowest BCUT2D eigenvalue weighted by molar-refractivity contribution is -0.762. The maximum absolute atomic E-state index is 10.9. The molecule has 0 unspecified atom stereocenters. The molecule has 1 aromatic rings. The second kappa shape index (κ2) is 5.21. The molecule has 0 spiro atoms. The minimum atomic E-state index is -0.206. The van der Waals surface area contributed by atoms with Gasteiger partial charge in [-0.25, -0.2) is 0 Å². The van der Waals surface area contributed by atoms with E-state index in [1.54, 1.807) is 6.92 Å². The van der Waals surface area contributed by atoms with Gasteiger partial charge in [0.25, 0.3) is 0 Å². The van der Waals surface area contributed by atoms with Crippen molar-refractivity contribution in [2.75, 3.05) is 6.61 Å². The molecule has 0 aliphatic rings. The van der Waals surface area contributed by atoms with Crippen molar-refractivity contribution >= 4 is 11.9 Å². The summed E-state index contributed by atoms with van der Waals surface area (Å²) in [5.74, 6) is -0.191. The summed E-state index contributed by atoms with van der Waals surface area (Å²) in [5.41, 5.74) is 7.06. The van der Waals surface area contributed by atoms with Gasteiger partial charge < -0.3 is 15.0 Å². The lowest BCUT2D eigenvalue weighted by Crippen LogP contribution is -2.34. The van der Waals surface area contributed by atoms with Crippen LogP contribution in [-0.4, -0.2) is 17.8 Å². The zero-order valence-corrected chi connectivity index (χ0v) is 8.02. The van der Waals surface area contributed by atoms with Crippen molar-refractivity contribution in [1.82, 2.24) is 5.27 Å². The standard InChI is InChI=1S/C8H13N3O3/c1-2-13-8(12)4-3-5-11-6-7(9)14-10-11/h6H,2-5H2,1H3,(H-,9,10). The molecule has 78 valence electrons. The Kier molecular flexibility index (Phi) is 3.90. The topological polar surface area (TPSA) is 80.0 Å². The number of nitrogens with one attached hydrogen (secondary N) is 1. The first kappa shape index (κ1) is 10.5. The van der Waals surface area contributed by atoms with E-state index in [9.17, 15) is 4.79 Å². The molecule has 0 bridgehead atoms. The Labute approximate surface area is 81.6 Å². The van der Waals surface area contributed by atoms with Gasteiger partial charge in [0, 0.05) is 6.42 Å². The van der Waals surface area contributed by atoms with Gasteiger partial charge in [-0.2, -0.15) is 0 Å². The van der Waals surface area contributed by atoms with Crippen LogP contribution in [0.4, 0.5) is 5.88 Å². The number of nitrogens with zero attached hydrogens (tertiary/aromatic N) is 2. The maximum atomic E-state index is 10.9. The summed E-state index contributed by atoms with van der Waals surface area (Å²) in [6.45, 7) is 2.74. The highest BCUT2D eigenvalue weighted by atomic mass is 16.5. The largest absolute Gasteiger partial charge is 0.660 e. The highest BCUT2D eigenvalue weighted by Crippen LogP contribution is 2.01. The molecule has 1 aromatic heterocycles. The van der Waals surface area contributed by atoms with E-state index in [-0.39, 0.29) is 11.9 Å². The fourth-order valence-corrected chi connectivity index (χ4v) is 1.00. The van der Waals surface area contributed by atoms with Crippen molar-refractivity contribution in [3.8, 4) is 0 Å². The van der Waals surface area contributed by atoms with Crippen LogP contribution in [-0.2, 0) is 16.1 Å². The summed E-state index contributed by atoms with van der Waals surface area (Å²) in [5, 5.41) is 3.56. The minimum Gasteiger partial charge on any atom is -0.660 e. The number of hydrogen-bond donors (Lipinski definition) is 0. The molecule has 0 aliphatic carbocycles. The Morgan fingerprint density at radius 3 is 3.14 bits per heavy atom. The van der Waals surface area contributed by atoms with Gasteiger partial charge in [0.2, 0.25) is 6.20 Å². The van der Waals surface area contributed by atoms with E-state index >= 15 is 0 Å². The van der Waals surface area contributed by atoms with E-state index in [0.717, 1.165) is 0 Å². The number of ether oxygens (including phenoxy) is 1. The van der Waals surface area contributed by atoms with Gasteiger partial charge in [0.05, 0.1) is 13.0 Å². The molecule has 0 saturated heterocycles. The van der Waals surface area contributed by atoms with Crippen LogP contribution in [0.15, 0.2) is 10.7 Å². The molecule has 14 heavy (non-hydrogen) atoms. The van der Waals surface area contributed by atoms with Crippen LogP contribution in [0.2, 0.25) is 0 Å². The Balaban J connectivity index is 2.18. The van der Waals surface area contributed by atoms with Crippen LogP contribution in [0.5, 0.6) is 0 Å². The molecule has 1 N–H and O–H groups in total. The van der Waals surface area contributed by atoms with Crippen molar-refractivity contribution in [3.05, 3.63) is 11.9 Å². The quantitative estimate of drug-likeness (QED) is 0.523. The van der Waals surface area contributed by atoms with E-state index in [1.165, 1.54) is 10.9 Å². The zero-order valence-electron chi connectivity index (χ0n) is 8.02. The van der Waals surface area contributed by atoms with Gasteiger partial charge in [-0.15, -0.1) is 0 Å². The molecular weight excluding hydrogens is 186 g/mol. The monoisotopic (exact) mass is 199 g/mol. The van der Waals surface area contributed by atoms with E-state index < -0.39 is 0 Å². The van der Waals surface area contributed by atoms with Crippen LogP contribution < -0.4 is 4.68 Å². The Morgan fingerprint density at radius 1 is 1.79 bits per heavy atom. The van der Waals surface area contributed by atoms with Crippen molar-refractivity contribution in [2.45, 2.75) is 26.3 Å². The summed E-state index contributed by atoms with van der Waals surface area (Å²) >= 11 is 0. The number of carbonyl (C=O) groups excluding carboxylic acids is 1. The first-order valence-corrected chi connectivity index (χ1v) is 4.46. The van der Waals surface area contributed by atoms with Crippen molar-refractivity contribution in [3.63, 3.8) is 0 Å². The number of esters is 1. The summed E-state index contributed by atoms with van der Waals surface area (Å²) in [4.78, 5) is 10.9. The lowest BCUT2D eigenvalue weighted by Gasteiger charge is -1.97. The van der Waals surface area contributed by atoms with Crippen LogP contribution in [0.3, 0.4) is 0 Å². The fourth-order valence-electron chi connectivity index (χ4n) is 1.00. The maximum Gasteiger partial charge on any atom is 0.306 e. The van der Waals surface area contributed by atoms with Crippen molar-refractivity contribution in [1.29, 1.82) is 0 Å². The van der Waals surface area contributed by atoms with E-state index in [2.05, 4.69) is 9.79 Å². The average Bonchev–Trinajstić information content (AvgIpc) is 2.52.